The van der Waals surface area contributed by atoms with Gasteiger partial charge in [0.15, 0.2) is 0 Å². The molecule has 0 saturated heterocycles. The molecule has 26 heavy (non-hydrogen) atoms. The summed E-state index contributed by atoms with van der Waals surface area (Å²) in [5.41, 5.74) is 7.44. The molecule has 2 aliphatic rings. The van der Waals surface area contributed by atoms with Crippen LogP contribution in [-0.4, -0.2) is 31.1 Å². The molecule has 1 heterocycles. The quantitative estimate of drug-likeness (QED) is 0.728. The number of rotatable bonds is 3. The van der Waals surface area contributed by atoms with Crippen molar-refractivity contribution in [2.75, 3.05) is 18.0 Å². The lowest BCUT2D eigenvalue weighted by atomic mass is 9.97. The number of carbonyl (C=O) groups is 2. The minimum atomic E-state index is -0.317. The number of urea groups is 1. The van der Waals surface area contributed by atoms with Gasteiger partial charge in [0.25, 0.3) is 5.91 Å². The van der Waals surface area contributed by atoms with E-state index in [0.717, 1.165) is 50.8 Å². The minimum absolute atomic E-state index is 0.200. The van der Waals surface area contributed by atoms with Crippen LogP contribution in [0.5, 0.6) is 0 Å². The predicted molar refractivity (Wildman–Crippen MR) is 103 cm³/mol. The number of anilines is 1. The van der Waals surface area contributed by atoms with Gasteiger partial charge in [-0.1, -0.05) is 50.3 Å². The molecule has 1 aliphatic heterocycles. The smallest absolute Gasteiger partial charge is 0.333 e. The van der Waals surface area contributed by atoms with Crippen molar-refractivity contribution in [1.82, 2.24) is 16.2 Å². The molecule has 3 amide bonds. The Labute approximate surface area is 155 Å². The zero-order valence-electron chi connectivity index (χ0n) is 15.4. The van der Waals surface area contributed by atoms with E-state index in [9.17, 15) is 9.59 Å². The molecule has 3 N–H and O–H groups in total. The second-order valence-electron chi connectivity index (χ2n) is 7.34. The number of carbonyl (C=O) groups excluding carboxylic acids is 2. The first-order valence-corrected chi connectivity index (χ1v) is 9.90. The van der Waals surface area contributed by atoms with Gasteiger partial charge in [-0.2, -0.15) is 0 Å². The van der Waals surface area contributed by atoms with E-state index < -0.39 is 0 Å². The maximum Gasteiger partial charge on any atom is 0.333 e. The Balaban J connectivity index is 1.42. The number of hydrazine groups is 1. The highest BCUT2D eigenvalue weighted by atomic mass is 16.2. The van der Waals surface area contributed by atoms with Gasteiger partial charge in [-0.25, -0.2) is 10.2 Å². The number of hydrogen-bond donors (Lipinski definition) is 3. The van der Waals surface area contributed by atoms with Crippen LogP contribution in [-0.2, 0) is 11.2 Å². The first-order valence-electron chi connectivity index (χ1n) is 9.90. The third-order valence-corrected chi connectivity index (χ3v) is 5.30. The zero-order chi connectivity index (χ0) is 18.2. The van der Waals surface area contributed by atoms with Gasteiger partial charge in [0.1, 0.15) is 0 Å². The van der Waals surface area contributed by atoms with Crippen LogP contribution in [0.15, 0.2) is 24.3 Å². The molecule has 6 nitrogen and oxygen atoms in total. The van der Waals surface area contributed by atoms with Gasteiger partial charge >= 0.3 is 6.03 Å². The molecule has 142 valence electrons. The molecule has 1 saturated carbocycles. The average Bonchev–Trinajstić information content (AvgIpc) is 2.62. The number of amides is 3. The van der Waals surface area contributed by atoms with Crippen LogP contribution in [0.4, 0.5) is 10.5 Å². The molecular formula is C20H30N4O2. The number of fused-ring (bicyclic) bond motifs is 1. The fraction of sp³-hybridized carbons (Fsp3) is 0.600. The van der Waals surface area contributed by atoms with Gasteiger partial charge < -0.3 is 10.2 Å². The summed E-state index contributed by atoms with van der Waals surface area (Å²) in [6.07, 6.45) is 10.2. The summed E-state index contributed by atoms with van der Waals surface area (Å²) in [6.45, 7) is 1.11. The number of nitrogens with zero attached hydrogens (tertiary/aromatic N) is 1. The first kappa shape index (κ1) is 18.5. The first-order chi connectivity index (χ1) is 12.7. The van der Waals surface area contributed by atoms with E-state index in [-0.39, 0.29) is 24.5 Å². The maximum atomic E-state index is 12.2. The Morgan fingerprint density at radius 3 is 2.50 bits per heavy atom. The van der Waals surface area contributed by atoms with Crippen LogP contribution >= 0.6 is 0 Å². The van der Waals surface area contributed by atoms with Gasteiger partial charge in [-0.3, -0.25) is 10.2 Å². The summed E-state index contributed by atoms with van der Waals surface area (Å²) < 4.78 is 0. The van der Waals surface area contributed by atoms with Crippen molar-refractivity contribution in [2.24, 2.45) is 0 Å². The van der Waals surface area contributed by atoms with Crippen molar-refractivity contribution in [3.63, 3.8) is 0 Å². The van der Waals surface area contributed by atoms with Crippen molar-refractivity contribution in [3.05, 3.63) is 29.8 Å². The Hall–Kier alpha value is -2.24. The number of nitrogens with one attached hydrogen (secondary N) is 3. The SMILES string of the molecule is O=C(CN1CCCc2ccccc21)NNC(=O)NC1CCCCCCC1. The summed E-state index contributed by atoms with van der Waals surface area (Å²) in [5, 5.41) is 2.98. The van der Waals surface area contributed by atoms with E-state index in [1.54, 1.807) is 0 Å². The Kier molecular flexibility index (Phi) is 6.75. The highest BCUT2D eigenvalue weighted by molar-refractivity contribution is 5.84. The van der Waals surface area contributed by atoms with Crippen LogP contribution in [0.3, 0.4) is 0 Å². The van der Waals surface area contributed by atoms with Gasteiger partial charge in [0.2, 0.25) is 0 Å². The van der Waals surface area contributed by atoms with Crippen molar-refractivity contribution >= 4 is 17.6 Å². The number of hydrogen-bond acceptors (Lipinski definition) is 3. The van der Waals surface area contributed by atoms with E-state index in [0.29, 0.717) is 0 Å². The predicted octanol–water partition coefficient (Wildman–Crippen LogP) is 2.88. The molecule has 1 aromatic rings. The van der Waals surface area contributed by atoms with Crippen LogP contribution < -0.4 is 21.1 Å². The monoisotopic (exact) mass is 358 g/mol. The molecular weight excluding hydrogens is 328 g/mol. The van der Waals surface area contributed by atoms with Gasteiger partial charge in [0.05, 0.1) is 6.54 Å². The maximum absolute atomic E-state index is 12.2. The number of aryl methyl sites for hydroxylation is 1. The summed E-state index contributed by atoms with van der Waals surface area (Å²) in [6, 6.07) is 8.08. The Bertz CT molecular complexity index is 612. The molecule has 0 atom stereocenters. The van der Waals surface area contributed by atoms with Crippen LogP contribution in [0.2, 0.25) is 0 Å². The highest BCUT2D eigenvalue weighted by Crippen LogP contribution is 2.26. The third-order valence-electron chi connectivity index (χ3n) is 5.30. The molecule has 1 aliphatic carbocycles. The Morgan fingerprint density at radius 2 is 1.69 bits per heavy atom. The van der Waals surface area contributed by atoms with E-state index in [1.807, 2.05) is 12.1 Å². The van der Waals surface area contributed by atoms with Crippen molar-refractivity contribution < 1.29 is 9.59 Å². The van der Waals surface area contributed by atoms with Gasteiger partial charge in [-0.05, 0) is 37.3 Å². The second-order valence-corrected chi connectivity index (χ2v) is 7.34. The van der Waals surface area contributed by atoms with Crippen molar-refractivity contribution in [1.29, 1.82) is 0 Å². The summed E-state index contributed by atoms with van der Waals surface area (Å²) >= 11 is 0. The lowest BCUT2D eigenvalue weighted by Crippen LogP contribution is -2.52. The molecule has 1 fully saturated rings. The normalized spacial score (nSPS) is 18.2. The molecule has 1 aromatic carbocycles. The third kappa shape index (κ3) is 5.38. The molecule has 0 radical (unpaired) electrons. The van der Waals surface area contributed by atoms with Gasteiger partial charge in [0, 0.05) is 18.3 Å². The van der Waals surface area contributed by atoms with E-state index >= 15 is 0 Å². The molecule has 0 aromatic heterocycles. The molecule has 0 unspecified atom stereocenters. The molecule has 0 bridgehead atoms. The lowest BCUT2D eigenvalue weighted by molar-refractivity contribution is -0.120. The lowest BCUT2D eigenvalue weighted by Gasteiger charge is -2.30. The van der Waals surface area contributed by atoms with E-state index in [2.05, 4.69) is 33.2 Å². The summed E-state index contributed by atoms with van der Waals surface area (Å²) in [7, 11) is 0. The highest BCUT2D eigenvalue weighted by Gasteiger charge is 2.19. The average molecular weight is 358 g/mol. The fourth-order valence-electron chi connectivity index (χ4n) is 3.94. The second kappa shape index (κ2) is 9.46. The zero-order valence-corrected chi connectivity index (χ0v) is 15.4. The van der Waals surface area contributed by atoms with Crippen molar-refractivity contribution in [3.8, 4) is 0 Å². The molecule has 6 heteroatoms. The summed E-state index contributed by atoms with van der Waals surface area (Å²) in [5.74, 6) is -0.200. The minimum Gasteiger partial charge on any atom is -0.362 e. The fourth-order valence-corrected chi connectivity index (χ4v) is 3.94. The largest absolute Gasteiger partial charge is 0.362 e. The molecule has 0 spiro atoms. The van der Waals surface area contributed by atoms with E-state index in [1.165, 1.54) is 24.8 Å². The topological polar surface area (TPSA) is 73.5 Å². The van der Waals surface area contributed by atoms with Crippen LogP contribution in [0.1, 0.15) is 56.9 Å². The Morgan fingerprint density at radius 1 is 0.962 bits per heavy atom. The standard InChI is InChI=1S/C20H30N4O2/c25-19(15-24-14-8-10-16-9-6-7-13-18(16)24)22-23-20(26)21-17-11-4-2-1-3-5-12-17/h6-7,9,13,17H,1-5,8,10-12,14-15H2,(H,22,25)(H2,21,23,26). The number of benzene rings is 1. The van der Waals surface area contributed by atoms with Crippen LogP contribution in [0.25, 0.3) is 0 Å². The van der Waals surface area contributed by atoms with E-state index in [4.69, 9.17) is 0 Å². The number of para-hydroxylation sites is 1. The summed E-state index contributed by atoms with van der Waals surface area (Å²) in [4.78, 5) is 26.3. The van der Waals surface area contributed by atoms with Crippen LogP contribution in [0, 0.1) is 0 Å². The van der Waals surface area contributed by atoms with Gasteiger partial charge in [-0.15, -0.1) is 0 Å². The van der Waals surface area contributed by atoms with Crippen molar-refractivity contribution in [2.45, 2.75) is 63.8 Å². The molecule has 3 rings (SSSR count).